The Balaban J connectivity index is 1.61. The molecule has 0 bridgehead atoms. The van der Waals surface area contributed by atoms with Crippen LogP contribution in [0.3, 0.4) is 0 Å². The molecule has 1 aromatic heterocycles. The van der Waals surface area contributed by atoms with E-state index >= 15 is 0 Å². The number of aromatic nitrogens is 2. The minimum atomic E-state index is -0.100. The maximum absolute atomic E-state index is 12.5. The number of methoxy groups -OCH3 is 1. The van der Waals surface area contributed by atoms with Gasteiger partial charge in [0.25, 0.3) is 0 Å². The quantitative estimate of drug-likeness (QED) is 0.283. The highest BCUT2D eigenvalue weighted by molar-refractivity contribution is 6.06. The van der Waals surface area contributed by atoms with Gasteiger partial charge in [0.2, 0.25) is 0 Å². The van der Waals surface area contributed by atoms with E-state index in [-0.39, 0.29) is 5.78 Å². The number of benzene rings is 2. The summed E-state index contributed by atoms with van der Waals surface area (Å²) in [6.45, 7) is 4.39. The zero-order valence-corrected chi connectivity index (χ0v) is 17.1. The molecule has 0 amide bonds. The number of hydrogen-bond acceptors (Lipinski definition) is 5. The molecule has 0 radical (unpaired) electrons. The van der Waals surface area contributed by atoms with Gasteiger partial charge in [-0.1, -0.05) is 24.8 Å². The first-order valence-electron chi connectivity index (χ1n) is 9.44. The fourth-order valence-corrected chi connectivity index (χ4v) is 2.72. The van der Waals surface area contributed by atoms with Crippen molar-refractivity contribution in [3.8, 4) is 17.2 Å². The van der Waals surface area contributed by atoms with E-state index in [9.17, 15) is 4.79 Å². The third kappa shape index (κ3) is 5.38. The van der Waals surface area contributed by atoms with E-state index in [0.29, 0.717) is 36.0 Å². The topological polar surface area (TPSA) is 62.6 Å². The van der Waals surface area contributed by atoms with Gasteiger partial charge in [-0.15, -0.1) is 0 Å². The number of carbonyl (C=O) groups excluding carboxylic acids is 1. The normalized spacial score (nSPS) is 10.7. The number of aryl methyl sites for hydroxylation is 1. The van der Waals surface area contributed by atoms with Crippen LogP contribution in [0.1, 0.15) is 21.7 Å². The van der Waals surface area contributed by atoms with Gasteiger partial charge in [-0.2, -0.15) is 0 Å². The van der Waals surface area contributed by atoms with E-state index < -0.39 is 0 Å². The molecule has 30 heavy (non-hydrogen) atoms. The van der Waals surface area contributed by atoms with Gasteiger partial charge in [0, 0.05) is 25.0 Å². The molecule has 0 aliphatic heterocycles. The van der Waals surface area contributed by atoms with Crippen molar-refractivity contribution >= 4 is 11.9 Å². The van der Waals surface area contributed by atoms with Crippen LogP contribution >= 0.6 is 0 Å². The molecule has 0 aliphatic carbocycles. The third-order valence-electron chi connectivity index (χ3n) is 4.40. The number of nitrogens with zero attached hydrogens (tertiary/aromatic N) is 2. The molecule has 0 unspecified atom stereocenters. The molecule has 0 fully saturated rings. The highest BCUT2D eigenvalue weighted by Gasteiger charge is 2.06. The summed E-state index contributed by atoms with van der Waals surface area (Å²) in [5.74, 6) is 2.63. The van der Waals surface area contributed by atoms with E-state index in [1.807, 2.05) is 29.9 Å². The Hall–Kier alpha value is -3.80. The van der Waals surface area contributed by atoms with Crippen LogP contribution in [-0.2, 0) is 13.7 Å². The van der Waals surface area contributed by atoms with Crippen molar-refractivity contribution in [2.45, 2.75) is 6.61 Å². The lowest BCUT2D eigenvalue weighted by Crippen LogP contribution is -2.03. The van der Waals surface area contributed by atoms with Gasteiger partial charge in [0.05, 0.1) is 7.11 Å². The summed E-state index contributed by atoms with van der Waals surface area (Å²) in [5.41, 5.74) is 1.41. The van der Waals surface area contributed by atoms with Crippen LogP contribution in [0.25, 0.3) is 6.08 Å². The predicted molar refractivity (Wildman–Crippen MR) is 116 cm³/mol. The van der Waals surface area contributed by atoms with Gasteiger partial charge in [0.15, 0.2) is 17.3 Å². The maximum atomic E-state index is 12.5. The maximum Gasteiger partial charge on any atom is 0.185 e. The lowest BCUT2D eigenvalue weighted by Gasteiger charge is -2.09. The Bertz CT molecular complexity index is 1040. The molecule has 6 nitrogen and oxygen atoms in total. The summed E-state index contributed by atoms with van der Waals surface area (Å²) in [6.07, 6.45) is 8.53. The summed E-state index contributed by atoms with van der Waals surface area (Å²) in [6, 6.07) is 12.5. The van der Waals surface area contributed by atoms with Crippen LogP contribution in [-0.4, -0.2) is 29.1 Å². The highest BCUT2D eigenvalue weighted by atomic mass is 16.5. The van der Waals surface area contributed by atoms with Crippen LogP contribution in [0, 0.1) is 0 Å². The number of imidazole rings is 1. The van der Waals surface area contributed by atoms with Gasteiger partial charge >= 0.3 is 0 Å². The van der Waals surface area contributed by atoms with Crippen LogP contribution in [0.5, 0.6) is 17.2 Å². The standard InChI is InChI=1S/C24H24N2O4/c1-4-15-29-22-12-6-18(16-23(22)28-3)5-11-21(27)19-7-9-20(10-8-19)30-17-24-25-13-14-26(24)2/h4-14,16H,1,15,17H2,2-3H3/b11-5+. The van der Waals surface area contributed by atoms with Crippen molar-refractivity contribution in [1.82, 2.24) is 9.55 Å². The Morgan fingerprint density at radius 1 is 1.13 bits per heavy atom. The summed E-state index contributed by atoms with van der Waals surface area (Å²) < 4.78 is 18.5. The van der Waals surface area contributed by atoms with E-state index in [4.69, 9.17) is 14.2 Å². The Morgan fingerprint density at radius 2 is 1.93 bits per heavy atom. The zero-order valence-electron chi connectivity index (χ0n) is 17.1. The predicted octanol–water partition coefficient (Wildman–Crippen LogP) is 4.47. The van der Waals surface area contributed by atoms with E-state index in [0.717, 1.165) is 11.4 Å². The number of ether oxygens (including phenoxy) is 3. The van der Waals surface area contributed by atoms with E-state index in [1.54, 1.807) is 55.8 Å². The van der Waals surface area contributed by atoms with Crippen molar-refractivity contribution in [3.63, 3.8) is 0 Å². The molecule has 0 saturated heterocycles. The molecule has 154 valence electrons. The van der Waals surface area contributed by atoms with E-state index in [2.05, 4.69) is 11.6 Å². The van der Waals surface area contributed by atoms with Crippen molar-refractivity contribution in [3.05, 3.63) is 90.5 Å². The molecule has 3 rings (SSSR count). The first kappa shape index (κ1) is 20.9. The fraction of sp³-hybridized carbons (Fsp3) is 0.167. The Labute approximate surface area is 176 Å². The minimum absolute atomic E-state index is 0.100. The molecular formula is C24H24N2O4. The number of ketones is 1. The average molecular weight is 404 g/mol. The van der Waals surface area contributed by atoms with Crippen LogP contribution in [0.4, 0.5) is 0 Å². The minimum Gasteiger partial charge on any atom is -0.493 e. The molecule has 0 aliphatic rings. The van der Waals surface area contributed by atoms with Crippen molar-refractivity contribution < 1.29 is 19.0 Å². The van der Waals surface area contributed by atoms with Gasteiger partial charge in [-0.3, -0.25) is 4.79 Å². The van der Waals surface area contributed by atoms with E-state index in [1.165, 1.54) is 6.08 Å². The molecule has 0 atom stereocenters. The molecule has 6 heteroatoms. The second-order valence-corrected chi connectivity index (χ2v) is 6.47. The third-order valence-corrected chi connectivity index (χ3v) is 4.40. The zero-order chi connectivity index (χ0) is 21.3. The largest absolute Gasteiger partial charge is 0.493 e. The molecule has 1 heterocycles. The lowest BCUT2D eigenvalue weighted by molar-refractivity contribution is 0.104. The van der Waals surface area contributed by atoms with Gasteiger partial charge in [0.1, 0.15) is 24.8 Å². The molecule has 2 aromatic carbocycles. The van der Waals surface area contributed by atoms with Gasteiger partial charge in [-0.05, 0) is 48.0 Å². The van der Waals surface area contributed by atoms with Gasteiger partial charge in [-0.25, -0.2) is 4.98 Å². The summed E-state index contributed by atoms with van der Waals surface area (Å²) >= 11 is 0. The Morgan fingerprint density at radius 3 is 2.60 bits per heavy atom. The van der Waals surface area contributed by atoms with Crippen LogP contribution in [0.2, 0.25) is 0 Å². The number of carbonyl (C=O) groups is 1. The second kappa shape index (κ2) is 10.1. The monoisotopic (exact) mass is 404 g/mol. The first-order chi connectivity index (χ1) is 14.6. The number of allylic oxidation sites excluding steroid dienone is 1. The summed E-state index contributed by atoms with van der Waals surface area (Å²) in [4.78, 5) is 16.7. The second-order valence-electron chi connectivity index (χ2n) is 6.47. The molecule has 0 saturated carbocycles. The van der Waals surface area contributed by atoms with Crippen LogP contribution in [0.15, 0.2) is 73.6 Å². The molecule has 3 aromatic rings. The van der Waals surface area contributed by atoms with Gasteiger partial charge < -0.3 is 18.8 Å². The summed E-state index contributed by atoms with van der Waals surface area (Å²) in [5, 5.41) is 0. The number of hydrogen-bond donors (Lipinski definition) is 0. The Kier molecular flexibility index (Phi) is 7.05. The molecular weight excluding hydrogens is 380 g/mol. The van der Waals surface area contributed by atoms with Crippen molar-refractivity contribution in [1.29, 1.82) is 0 Å². The molecule has 0 N–H and O–H groups in total. The highest BCUT2D eigenvalue weighted by Crippen LogP contribution is 2.28. The fourth-order valence-electron chi connectivity index (χ4n) is 2.72. The van der Waals surface area contributed by atoms with Crippen molar-refractivity contribution in [2.24, 2.45) is 7.05 Å². The smallest absolute Gasteiger partial charge is 0.185 e. The number of rotatable bonds is 10. The summed E-state index contributed by atoms with van der Waals surface area (Å²) in [7, 11) is 3.49. The van der Waals surface area contributed by atoms with Crippen LogP contribution < -0.4 is 14.2 Å². The average Bonchev–Trinajstić information content (AvgIpc) is 3.19. The molecule has 0 spiro atoms. The van der Waals surface area contributed by atoms with Crippen molar-refractivity contribution in [2.75, 3.05) is 13.7 Å². The SMILES string of the molecule is C=CCOc1ccc(/C=C/C(=O)c2ccc(OCc3nccn3C)cc2)cc1OC. The lowest BCUT2D eigenvalue weighted by atomic mass is 10.1. The first-order valence-corrected chi connectivity index (χ1v) is 9.44.